The average Bonchev–Trinajstić information content (AvgIpc) is 2.14. The summed E-state index contributed by atoms with van der Waals surface area (Å²) in [5.41, 5.74) is 0.394. The third-order valence-corrected chi connectivity index (χ3v) is 3.10. The summed E-state index contributed by atoms with van der Waals surface area (Å²) in [6.07, 6.45) is 3.31. The van der Waals surface area contributed by atoms with E-state index < -0.39 is 11.8 Å². The van der Waals surface area contributed by atoms with Crippen molar-refractivity contribution in [1.82, 2.24) is 0 Å². The maximum absolute atomic E-state index is 13.4. The number of halogens is 1. The van der Waals surface area contributed by atoms with Crippen molar-refractivity contribution in [2.24, 2.45) is 0 Å². The van der Waals surface area contributed by atoms with Crippen LogP contribution in [0.3, 0.4) is 0 Å². The van der Waals surface area contributed by atoms with Gasteiger partial charge in [-0.15, -0.1) is 0 Å². The summed E-state index contributed by atoms with van der Waals surface area (Å²) >= 11 is 0. The Balaban J connectivity index is 2.18. The van der Waals surface area contributed by atoms with Gasteiger partial charge in [-0.1, -0.05) is 0 Å². The zero-order valence-corrected chi connectivity index (χ0v) is 9.09. The maximum atomic E-state index is 13.4. The van der Waals surface area contributed by atoms with Gasteiger partial charge in [-0.2, -0.15) is 0 Å². The van der Waals surface area contributed by atoms with Gasteiger partial charge < -0.3 is 10.4 Å². The fourth-order valence-electron chi connectivity index (χ4n) is 1.95. The Morgan fingerprint density at radius 1 is 1.50 bits per heavy atom. The molecule has 0 bridgehead atoms. The van der Waals surface area contributed by atoms with Crippen molar-refractivity contribution >= 4 is 11.7 Å². The van der Waals surface area contributed by atoms with Gasteiger partial charge in [0.2, 0.25) is 0 Å². The molecule has 2 rings (SSSR count). The molecule has 3 nitrogen and oxygen atoms in total. The predicted molar refractivity (Wildman–Crippen MR) is 59.2 cm³/mol. The van der Waals surface area contributed by atoms with Crippen molar-refractivity contribution < 1.29 is 14.3 Å². The highest BCUT2D eigenvalue weighted by molar-refractivity contribution is 5.88. The van der Waals surface area contributed by atoms with Crippen molar-refractivity contribution in [1.29, 1.82) is 0 Å². The van der Waals surface area contributed by atoms with Crippen molar-refractivity contribution in [2.75, 3.05) is 5.32 Å². The zero-order valence-electron chi connectivity index (χ0n) is 9.09. The van der Waals surface area contributed by atoms with Gasteiger partial charge in [0.1, 0.15) is 5.82 Å². The molecule has 0 aliphatic heterocycles. The van der Waals surface area contributed by atoms with Gasteiger partial charge in [0, 0.05) is 11.2 Å². The van der Waals surface area contributed by atoms with E-state index >= 15 is 0 Å². The third-order valence-electron chi connectivity index (χ3n) is 3.10. The molecular formula is C12H14FNO2. The Bertz CT molecular complexity index is 427. The van der Waals surface area contributed by atoms with E-state index in [1.54, 1.807) is 6.07 Å². The number of hydrogen-bond donors (Lipinski definition) is 2. The lowest BCUT2D eigenvalue weighted by Gasteiger charge is -2.40. The third kappa shape index (κ3) is 2.01. The van der Waals surface area contributed by atoms with Crippen LogP contribution in [0, 0.1) is 5.82 Å². The van der Waals surface area contributed by atoms with Gasteiger partial charge >= 0.3 is 5.97 Å². The van der Waals surface area contributed by atoms with Crippen LogP contribution in [0.25, 0.3) is 0 Å². The Kier molecular flexibility index (Phi) is 2.58. The highest BCUT2D eigenvalue weighted by Crippen LogP contribution is 2.34. The molecule has 0 atom stereocenters. The van der Waals surface area contributed by atoms with E-state index in [0.717, 1.165) is 12.8 Å². The molecule has 1 fully saturated rings. The largest absolute Gasteiger partial charge is 0.478 e. The van der Waals surface area contributed by atoms with Gasteiger partial charge in [-0.05, 0) is 44.4 Å². The molecule has 1 aliphatic rings. The number of anilines is 1. The topological polar surface area (TPSA) is 49.3 Å². The Labute approximate surface area is 93.3 Å². The number of rotatable bonds is 3. The van der Waals surface area contributed by atoms with Crippen molar-refractivity contribution in [3.05, 3.63) is 29.6 Å². The van der Waals surface area contributed by atoms with Gasteiger partial charge in [-0.25, -0.2) is 9.18 Å². The molecule has 16 heavy (non-hydrogen) atoms. The fourth-order valence-corrected chi connectivity index (χ4v) is 1.95. The molecule has 0 spiro atoms. The van der Waals surface area contributed by atoms with E-state index in [4.69, 9.17) is 5.11 Å². The lowest BCUT2D eigenvalue weighted by Crippen LogP contribution is -2.41. The summed E-state index contributed by atoms with van der Waals surface area (Å²) in [6.45, 7) is 2.08. The van der Waals surface area contributed by atoms with E-state index in [1.807, 2.05) is 0 Å². The Morgan fingerprint density at radius 2 is 2.19 bits per heavy atom. The number of benzene rings is 1. The van der Waals surface area contributed by atoms with Crippen LogP contribution < -0.4 is 5.32 Å². The molecule has 2 N–H and O–H groups in total. The molecular weight excluding hydrogens is 209 g/mol. The number of carboxylic acid groups (broad SMARTS) is 1. The number of nitrogens with one attached hydrogen (secondary N) is 1. The normalized spacial score (nSPS) is 17.6. The molecule has 4 heteroatoms. The molecule has 1 saturated carbocycles. The standard InChI is InChI=1S/C12H14FNO2/c1-12(5-2-6-12)14-8-3-4-9(11(15)16)10(13)7-8/h3-4,7,14H,2,5-6H2,1H3,(H,15,16). The number of hydrogen-bond acceptors (Lipinski definition) is 2. The van der Waals surface area contributed by atoms with E-state index in [9.17, 15) is 9.18 Å². The van der Waals surface area contributed by atoms with Crippen LogP contribution in [0.1, 0.15) is 36.5 Å². The summed E-state index contributed by atoms with van der Waals surface area (Å²) < 4.78 is 13.4. The summed E-state index contributed by atoms with van der Waals surface area (Å²) in [6, 6.07) is 4.14. The quantitative estimate of drug-likeness (QED) is 0.828. The van der Waals surface area contributed by atoms with Crippen LogP contribution in [0.15, 0.2) is 18.2 Å². The van der Waals surface area contributed by atoms with Crippen LogP contribution in [0.5, 0.6) is 0 Å². The lowest BCUT2D eigenvalue weighted by atomic mass is 9.78. The molecule has 0 saturated heterocycles. The first-order valence-electron chi connectivity index (χ1n) is 5.31. The van der Waals surface area contributed by atoms with Gasteiger partial charge in [0.25, 0.3) is 0 Å². The summed E-state index contributed by atoms with van der Waals surface area (Å²) in [5, 5.41) is 11.9. The minimum absolute atomic E-state index is 0.0389. The SMILES string of the molecule is CC1(Nc2ccc(C(=O)O)c(F)c2)CCC1. The first kappa shape index (κ1) is 10.9. The molecule has 0 amide bonds. The monoisotopic (exact) mass is 223 g/mol. The molecule has 0 unspecified atom stereocenters. The second-order valence-corrected chi connectivity index (χ2v) is 4.54. The fraction of sp³-hybridized carbons (Fsp3) is 0.417. The molecule has 0 aromatic heterocycles. The molecule has 1 aliphatic carbocycles. The highest BCUT2D eigenvalue weighted by Gasteiger charge is 2.31. The minimum Gasteiger partial charge on any atom is -0.478 e. The number of carboxylic acids is 1. The van der Waals surface area contributed by atoms with Crippen molar-refractivity contribution in [3.63, 3.8) is 0 Å². The van der Waals surface area contributed by atoms with Crippen LogP contribution in [0.4, 0.5) is 10.1 Å². The van der Waals surface area contributed by atoms with Crippen LogP contribution in [-0.4, -0.2) is 16.6 Å². The van der Waals surface area contributed by atoms with Gasteiger partial charge in [0.15, 0.2) is 0 Å². The number of aromatic carboxylic acids is 1. The van der Waals surface area contributed by atoms with Crippen molar-refractivity contribution in [3.8, 4) is 0 Å². The predicted octanol–water partition coefficient (Wildman–Crippen LogP) is 2.88. The van der Waals surface area contributed by atoms with Crippen LogP contribution in [-0.2, 0) is 0 Å². The van der Waals surface area contributed by atoms with Crippen molar-refractivity contribution in [2.45, 2.75) is 31.7 Å². The molecule has 0 heterocycles. The van der Waals surface area contributed by atoms with E-state index in [-0.39, 0.29) is 11.1 Å². The summed E-state index contributed by atoms with van der Waals surface area (Å²) in [5.74, 6) is -1.93. The summed E-state index contributed by atoms with van der Waals surface area (Å²) in [7, 11) is 0. The van der Waals surface area contributed by atoms with E-state index in [2.05, 4.69) is 12.2 Å². The van der Waals surface area contributed by atoms with Crippen LogP contribution >= 0.6 is 0 Å². The molecule has 86 valence electrons. The second kappa shape index (κ2) is 3.77. The summed E-state index contributed by atoms with van der Waals surface area (Å²) in [4.78, 5) is 10.6. The highest BCUT2D eigenvalue weighted by atomic mass is 19.1. The smallest absolute Gasteiger partial charge is 0.338 e. The first-order chi connectivity index (χ1) is 7.50. The van der Waals surface area contributed by atoms with Crippen LogP contribution in [0.2, 0.25) is 0 Å². The average molecular weight is 223 g/mol. The Morgan fingerprint density at radius 3 is 2.62 bits per heavy atom. The minimum atomic E-state index is -1.24. The zero-order chi connectivity index (χ0) is 11.8. The Hall–Kier alpha value is -1.58. The molecule has 1 aromatic carbocycles. The number of carbonyl (C=O) groups is 1. The van der Waals surface area contributed by atoms with E-state index in [0.29, 0.717) is 5.69 Å². The maximum Gasteiger partial charge on any atom is 0.338 e. The van der Waals surface area contributed by atoms with Gasteiger partial charge in [0.05, 0.1) is 5.56 Å². The van der Waals surface area contributed by atoms with Gasteiger partial charge in [-0.3, -0.25) is 0 Å². The first-order valence-corrected chi connectivity index (χ1v) is 5.31. The second-order valence-electron chi connectivity index (χ2n) is 4.54. The van der Waals surface area contributed by atoms with E-state index in [1.165, 1.54) is 18.6 Å². The molecule has 0 radical (unpaired) electrons. The lowest BCUT2D eigenvalue weighted by molar-refractivity contribution is 0.0692. The molecule has 1 aromatic rings.